The van der Waals surface area contributed by atoms with Crippen molar-refractivity contribution in [3.05, 3.63) is 66.2 Å². The van der Waals surface area contributed by atoms with Gasteiger partial charge in [0.05, 0.1) is 10.8 Å². The van der Waals surface area contributed by atoms with E-state index in [1.807, 2.05) is 47.4 Å². The van der Waals surface area contributed by atoms with E-state index >= 15 is 0 Å². The van der Waals surface area contributed by atoms with E-state index < -0.39 is 10.0 Å². The fourth-order valence-electron chi connectivity index (χ4n) is 5.52. The van der Waals surface area contributed by atoms with Crippen molar-refractivity contribution in [3.8, 4) is 11.5 Å². The molecule has 0 bridgehead atoms. The lowest BCUT2D eigenvalue weighted by molar-refractivity contribution is -0.138. The van der Waals surface area contributed by atoms with E-state index in [2.05, 4.69) is 11.0 Å². The molecule has 194 valence electrons. The lowest BCUT2D eigenvalue weighted by atomic mass is 9.97. The first kappa shape index (κ1) is 24.2. The van der Waals surface area contributed by atoms with Gasteiger partial charge in [0, 0.05) is 45.8 Å². The molecule has 8 nitrogen and oxygen atoms in total. The van der Waals surface area contributed by atoms with Crippen LogP contribution in [0.1, 0.15) is 18.4 Å². The maximum absolute atomic E-state index is 13.4. The fourth-order valence-corrected chi connectivity index (χ4v) is 7.08. The average molecular weight is 522 g/mol. The number of benzene rings is 3. The Kier molecular flexibility index (Phi) is 6.52. The highest BCUT2D eigenvalue weighted by atomic mass is 32.2. The molecule has 9 heteroatoms. The third kappa shape index (κ3) is 4.91. The highest BCUT2D eigenvalue weighted by Gasteiger charge is 2.36. The number of hydrogen-bond donors (Lipinski definition) is 0. The molecule has 1 atom stereocenters. The number of hydrogen-bond acceptors (Lipinski definition) is 6. The summed E-state index contributed by atoms with van der Waals surface area (Å²) in [7, 11) is -3.66. The number of nitrogens with zero attached hydrogens (tertiary/aromatic N) is 3. The van der Waals surface area contributed by atoms with E-state index in [-0.39, 0.29) is 30.1 Å². The summed E-state index contributed by atoms with van der Waals surface area (Å²) in [5, 5.41) is 1.90. The number of rotatable bonds is 5. The molecule has 1 amide bonds. The van der Waals surface area contributed by atoms with Gasteiger partial charge in [-0.2, -0.15) is 4.31 Å². The van der Waals surface area contributed by atoms with Crippen molar-refractivity contribution in [2.75, 3.05) is 46.1 Å². The zero-order valence-corrected chi connectivity index (χ0v) is 21.5. The summed E-state index contributed by atoms with van der Waals surface area (Å²) in [5.74, 6) is 1.33. The minimum atomic E-state index is -3.66. The van der Waals surface area contributed by atoms with Crippen molar-refractivity contribution in [2.45, 2.75) is 24.3 Å². The van der Waals surface area contributed by atoms with Crippen LogP contribution in [-0.4, -0.2) is 74.5 Å². The molecule has 3 heterocycles. The first-order chi connectivity index (χ1) is 18.0. The Labute approximate surface area is 217 Å². The van der Waals surface area contributed by atoms with Gasteiger partial charge in [0.15, 0.2) is 11.5 Å². The van der Waals surface area contributed by atoms with Crippen LogP contribution in [0.2, 0.25) is 0 Å². The van der Waals surface area contributed by atoms with Crippen molar-refractivity contribution in [3.63, 3.8) is 0 Å². The second kappa shape index (κ2) is 9.96. The van der Waals surface area contributed by atoms with E-state index in [0.717, 1.165) is 53.9 Å². The molecule has 37 heavy (non-hydrogen) atoms. The quantitative estimate of drug-likeness (QED) is 0.513. The molecule has 2 saturated heterocycles. The fraction of sp³-hybridized carbons (Fsp3) is 0.393. The monoisotopic (exact) mass is 521 g/mol. The average Bonchev–Trinajstić information content (AvgIpc) is 3.41. The summed E-state index contributed by atoms with van der Waals surface area (Å²) in [6, 6.07) is 19.0. The van der Waals surface area contributed by atoms with Gasteiger partial charge in [-0.3, -0.25) is 9.69 Å². The normalized spacial score (nSPS) is 20.9. The zero-order chi connectivity index (χ0) is 25.4. The zero-order valence-electron chi connectivity index (χ0n) is 20.7. The molecular weight excluding hydrogens is 490 g/mol. The minimum absolute atomic E-state index is 0.0705. The minimum Gasteiger partial charge on any atom is -0.454 e. The molecule has 3 aromatic carbocycles. The maximum Gasteiger partial charge on any atom is 0.243 e. The smallest absolute Gasteiger partial charge is 0.243 e. The third-order valence-electron chi connectivity index (χ3n) is 7.62. The van der Waals surface area contributed by atoms with Crippen molar-refractivity contribution in [2.24, 2.45) is 5.92 Å². The second-order valence-corrected chi connectivity index (χ2v) is 11.9. The van der Waals surface area contributed by atoms with Crippen LogP contribution in [0.3, 0.4) is 0 Å². The largest absolute Gasteiger partial charge is 0.454 e. The first-order valence-electron chi connectivity index (χ1n) is 12.9. The van der Waals surface area contributed by atoms with Crippen LogP contribution in [0.4, 0.5) is 0 Å². The predicted molar refractivity (Wildman–Crippen MR) is 140 cm³/mol. The van der Waals surface area contributed by atoms with Crippen LogP contribution in [0.25, 0.3) is 10.8 Å². The van der Waals surface area contributed by atoms with E-state index in [1.165, 1.54) is 4.31 Å². The Morgan fingerprint density at radius 1 is 0.865 bits per heavy atom. The van der Waals surface area contributed by atoms with Crippen LogP contribution in [-0.2, 0) is 21.4 Å². The van der Waals surface area contributed by atoms with Gasteiger partial charge in [-0.15, -0.1) is 0 Å². The van der Waals surface area contributed by atoms with Crippen LogP contribution in [0.5, 0.6) is 11.5 Å². The number of carbonyl (C=O) groups excluding carboxylic acids is 1. The number of sulfonamides is 1. The molecule has 0 aliphatic carbocycles. The van der Waals surface area contributed by atoms with E-state index in [9.17, 15) is 13.2 Å². The van der Waals surface area contributed by atoms with Gasteiger partial charge in [-0.25, -0.2) is 8.42 Å². The Balaban J connectivity index is 1.07. The van der Waals surface area contributed by atoms with Gasteiger partial charge < -0.3 is 14.4 Å². The molecule has 3 aliphatic heterocycles. The van der Waals surface area contributed by atoms with Crippen molar-refractivity contribution in [1.29, 1.82) is 0 Å². The molecule has 3 aromatic rings. The van der Waals surface area contributed by atoms with E-state index in [1.54, 1.807) is 12.1 Å². The molecule has 0 saturated carbocycles. The van der Waals surface area contributed by atoms with Crippen molar-refractivity contribution in [1.82, 2.24) is 14.1 Å². The molecule has 6 rings (SSSR count). The summed E-state index contributed by atoms with van der Waals surface area (Å²) < 4.78 is 39.3. The summed E-state index contributed by atoms with van der Waals surface area (Å²) in [6.07, 6.45) is 1.41. The van der Waals surface area contributed by atoms with Crippen molar-refractivity contribution < 1.29 is 22.7 Å². The number of piperidine rings is 1. The maximum atomic E-state index is 13.4. The lowest BCUT2D eigenvalue weighted by Gasteiger charge is -2.38. The SMILES string of the molecule is O=C([C@H]1CCCN(S(=O)(=O)c2ccc3ccccc3c2)C1)N1CCN(Cc2ccc3c(c2)OCO3)CC1. The Morgan fingerprint density at radius 3 is 2.49 bits per heavy atom. The number of piperazine rings is 1. The van der Waals surface area contributed by atoms with Gasteiger partial charge in [0.25, 0.3) is 0 Å². The van der Waals surface area contributed by atoms with Crippen molar-refractivity contribution >= 4 is 26.7 Å². The first-order valence-corrected chi connectivity index (χ1v) is 14.3. The second-order valence-electron chi connectivity index (χ2n) is 10.0. The topological polar surface area (TPSA) is 79.4 Å². The number of fused-ring (bicyclic) bond motifs is 2. The van der Waals surface area contributed by atoms with Crippen LogP contribution in [0, 0.1) is 5.92 Å². The van der Waals surface area contributed by atoms with Gasteiger partial charge in [0.1, 0.15) is 0 Å². The Hall–Kier alpha value is -3.14. The predicted octanol–water partition coefficient (Wildman–Crippen LogP) is 3.31. The van der Waals surface area contributed by atoms with E-state index in [4.69, 9.17) is 9.47 Å². The summed E-state index contributed by atoms with van der Waals surface area (Å²) in [6.45, 7) is 4.61. The van der Waals surface area contributed by atoms with Gasteiger partial charge in [-0.1, -0.05) is 36.4 Å². The van der Waals surface area contributed by atoms with Gasteiger partial charge >= 0.3 is 0 Å². The molecule has 0 spiro atoms. The van der Waals surface area contributed by atoms with Crippen LogP contribution in [0.15, 0.2) is 65.6 Å². The van der Waals surface area contributed by atoms with E-state index in [0.29, 0.717) is 26.1 Å². The number of ether oxygens (including phenoxy) is 2. The van der Waals surface area contributed by atoms with Crippen LogP contribution >= 0.6 is 0 Å². The molecule has 0 radical (unpaired) electrons. The lowest BCUT2D eigenvalue weighted by Crippen LogP contribution is -2.52. The number of amides is 1. The molecule has 3 aliphatic rings. The molecule has 0 aromatic heterocycles. The third-order valence-corrected chi connectivity index (χ3v) is 9.48. The van der Waals surface area contributed by atoms with Crippen LogP contribution < -0.4 is 9.47 Å². The van der Waals surface area contributed by atoms with Gasteiger partial charge in [-0.05, 0) is 53.4 Å². The highest BCUT2D eigenvalue weighted by Crippen LogP contribution is 2.33. The molecule has 0 unspecified atom stereocenters. The molecule has 2 fully saturated rings. The standard InChI is InChI=1S/C28H31N3O5S/c32-28(30-14-12-29(13-15-30)18-21-7-10-26-27(16-21)36-20-35-26)24-6-3-11-31(19-24)37(33,34)25-9-8-22-4-1-2-5-23(22)17-25/h1-2,4-5,7-10,16-17,24H,3,6,11-15,18-20H2/t24-/m0/s1. The van der Waals surface area contributed by atoms with Gasteiger partial charge in [0.2, 0.25) is 22.7 Å². The summed E-state index contributed by atoms with van der Waals surface area (Å²) >= 11 is 0. The Bertz CT molecular complexity index is 1420. The Morgan fingerprint density at radius 2 is 1.65 bits per heavy atom. The molecular formula is C28H31N3O5S. The summed E-state index contributed by atoms with van der Waals surface area (Å²) in [4.78, 5) is 17.9. The number of carbonyl (C=O) groups is 1. The molecule has 0 N–H and O–H groups in total. The summed E-state index contributed by atoms with van der Waals surface area (Å²) in [5.41, 5.74) is 1.16. The highest BCUT2D eigenvalue weighted by molar-refractivity contribution is 7.89.